The minimum absolute atomic E-state index is 0.0810. The number of aliphatic hydroxyl groups excluding tert-OH is 1. The molecule has 1 atom stereocenters. The minimum Gasteiger partial charge on any atom is -0.394 e. The fourth-order valence-corrected chi connectivity index (χ4v) is 1.18. The summed E-state index contributed by atoms with van der Waals surface area (Å²) < 4.78 is 26.1. The van der Waals surface area contributed by atoms with E-state index in [1.54, 1.807) is 0 Å². The lowest BCUT2D eigenvalue weighted by atomic mass is 10.1. The van der Waals surface area contributed by atoms with Crippen LogP contribution in [0.3, 0.4) is 0 Å². The summed E-state index contributed by atoms with van der Waals surface area (Å²) in [6, 6.07) is 0.311. The fourth-order valence-electron chi connectivity index (χ4n) is 1.18. The Morgan fingerprint density at radius 3 is 2.56 bits per heavy atom. The summed E-state index contributed by atoms with van der Waals surface area (Å²) in [6.07, 6.45) is 0. The number of hydrogen-bond acceptors (Lipinski definition) is 4. The molecule has 0 aliphatic rings. The van der Waals surface area contributed by atoms with Crippen molar-refractivity contribution < 1.29 is 13.9 Å². The number of nitrogens with one attached hydrogen (secondary N) is 1. The van der Waals surface area contributed by atoms with Gasteiger partial charge in [0.2, 0.25) is 0 Å². The summed E-state index contributed by atoms with van der Waals surface area (Å²) in [5, 5.41) is 11.7. The zero-order chi connectivity index (χ0) is 12.3. The van der Waals surface area contributed by atoms with Crippen molar-refractivity contribution in [2.45, 2.75) is 19.9 Å². The van der Waals surface area contributed by atoms with Crippen LogP contribution in [-0.4, -0.2) is 22.7 Å². The number of rotatable bonds is 4. The molecule has 4 N–H and O–H groups in total. The van der Waals surface area contributed by atoms with Gasteiger partial charge in [-0.1, -0.05) is 13.8 Å². The average molecular weight is 231 g/mol. The monoisotopic (exact) mass is 231 g/mol. The molecule has 0 saturated carbocycles. The van der Waals surface area contributed by atoms with Gasteiger partial charge in [0.1, 0.15) is 0 Å². The molecule has 1 rings (SSSR count). The number of pyridine rings is 1. The van der Waals surface area contributed by atoms with E-state index in [1.807, 2.05) is 13.8 Å². The summed E-state index contributed by atoms with van der Waals surface area (Å²) in [5.41, 5.74) is 5.23. The van der Waals surface area contributed by atoms with Gasteiger partial charge in [0.25, 0.3) is 0 Å². The Morgan fingerprint density at radius 1 is 1.44 bits per heavy atom. The molecule has 0 bridgehead atoms. The van der Waals surface area contributed by atoms with Gasteiger partial charge in [-0.2, -0.15) is 0 Å². The second-order valence-electron chi connectivity index (χ2n) is 3.86. The zero-order valence-corrected chi connectivity index (χ0v) is 9.17. The maximum absolute atomic E-state index is 13.3. The number of aliphatic hydroxyl groups is 1. The van der Waals surface area contributed by atoms with E-state index in [9.17, 15) is 8.78 Å². The lowest BCUT2D eigenvalue weighted by Gasteiger charge is -2.20. The van der Waals surface area contributed by atoms with Gasteiger partial charge in [-0.15, -0.1) is 0 Å². The van der Waals surface area contributed by atoms with Gasteiger partial charge in [-0.25, -0.2) is 13.8 Å². The maximum atomic E-state index is 13.3. The molecule has 0 spiro atoms. The Bertz CT molecular complexity index is 371. The summed E-state index contributed by atoms with van der Waals surface area (Å²) >= 11 is 0. The van der Waals surface area contributed by atoms with Crippen LogP contribution in [0.25, 0.3) is 0 Å². The topological polar surface area (TPSA) is 71.2 Å². The smallest absolute Gasteiger partial charge is 0.168 e. The molecule has 0 aromatic carbocycles. The lowest BCUT2D eigenvalue weighted by Crippen LogP contribution is -2.30. The van der Waals surface area contributed by atoms with Crippen LogP contribution < -0.4 is 11.1 Å². The Morgan fingerprint density at radius 2 is 2.06 bits per heavy atom. The average Bonchev–Trinajstić information content (AvgIpc) is 2.21. The molecule has 0 fully saturated rings. The van der Waals surface area contributed by atoms with E-state index in [2.05, 4.69) is 10.3 Å². The first-order chi connectivity index (χ1) is 7.45. The second-order valence-corrected chi connectivity index (χ2v) is 3.86. The van der Waals surface area contributed by atoms with Crippen LogP contribution >= 0.6 is 0 Å². The highest BCUT2D eigenvalue weighted by Crippen LogP contribution is 2.18. The van der Waals surface area contributed by atoms with E-state index in [0.29, 0.717) is 6.07 Å². The number of hydrogen-bond donors (Lipinski definition) is 3. The van der Waals surface area contributed by atoms with Crippen LogP contribution in [0.15, 0.2) is 6.07 Å². The first kappa shape index (κ1) is 12.6. The molecule has 16 heavy (non-hydrogen) atoms. The number of nitrogens with two attached hydrogens (primary N) is 1. The lowest BCUT2D eigenvalue weighted by molar-refractivity contribution is 0.248. The molecule has 90 valence electrons. The number of halogens is 2. The third-order valence-electron chi connectivity index (χ3n) is 2.28. The van der Waals surface area contributed by atoms with Gasteiger partial charge in [0.05, 0.1) is 12.6 Å². The number of anilines is 2. The minimum atomic E-state index is -0.895. The molecular weight excluding hydrogens is 216 g/mol. The van der Waals surface area contributed by atoms with E-state index >= 15 is 0 Å². The normalized spacial score (nSPS) is 12.9. The Labute approximate surface area is 92.5 Å². The van der Waals surface area contributed by atoms with Gasteiger partial charge in [0, 0.05) is 6.07 Å². The first-order valence-electron chi connectivity index (χ1n) is 4.94. The van der Waals surface area contributed by atoms with Crippen molar-refractivity contribution in [1.82, 2.24) is 4.98 Å². The van der Waals surface area contributed by atoms with Gasteiger partial charge in [-0.3, -0.25) is 0 Å². The Kier molecular flexibility index (Phi) is 4.00. The highest BCUT2D eigenvalue weighted by Gasteiger charge is 2.16. The molecule has 0 amide bonds. The summed E-state index contributed by atoms with van der Waals surface area (Å²) in [6.45, 7) is 3.55. The third kappa shape index (κ3) is 2.79. The van der Waals surface area contributed by atoms with Crippen LogP contribution in [0, 0.1) is 17.6 Å². The molecule has 1 aromatic heterocycles. The molecule has 1 aromatic rings. The number of nitrogen functional groups attached to an aromatic ring is 1. The number of nitrogens with zero attached hydrogens (tertiary/aromatic N) is 1. The van der Waals surface area contributed by atoms with E-state index in [4.69, 9.17) is 10.8 Å². The van der Waals surface area contributed by atoms with Crippen LogP contribution in [-0.2, 0) is 0 Å². The Balaban J connectivity index is 2.92. The highest BCUT2D eigenvalue weighted by molar-refractivity contribution is 5.45. The van der Waals surface area contributed by atoms with Gasteiger partial charge in [-0.05, 0) is 5.92 Å². The standard InChI is InChI=1S/C10H15F2N3O/c1-5(2)8(4-16)14-10-7(12)3-6(11)9(13)15-10/h3,5,8,16H,4H2,1-2H3,(H3,13,14,15). The predicted molar refractivity (Wildman–Crippen MR) is 57.9 cm³/mol. The van der Waals surface area contributed by atoms with E-state index in [1.165, 1.54) is 0 Å². The summed E-state index contributed by atoms with van der Waals surface area (Å²) in [4.78, 5) is 3.55. The van der Waals surface area contributed by atoms with Crippen LogP contribution in [0.2, 0.25) is 0 Å². The Hall–Kier alpha value is -1.43. The quantitative estimate of drug-likeness (QED) is 0.732. The summed E-state index contributed by atoms with van der Waals surface area (Å²) in [5.74, 6) is -2.16. The SMILES string of the molecule is CC(C)C(CO)Nc1nc(N)c(F)cc1F. The highest BCUT2D eigenvalue weighted by atomic mass is 19.1. The van der Waals surface area contributed by atoms with Crippen molar-refractivity contribution in [3.63, 3.8) is 0 Å². The molecule has 6 heteroatoms. The van der Waals surface area contributed by atoms with Gasteiger partial charge in [0.15, 0.2) is 23.3 Å². The van der Waals surface area contributed by atoms with Crippen molar-refractivity contribution in [2.24, 2.45) is 5.92 Å². The van der Waals surface area contributed by atoms with Crippen LogP contribution in [0.5, 0.6) is 0 Å². The first-order valence-corrected chi connectivity index (χ1v) is 4.94. The zero-order valence-electron chi connectivity index (χ0n) is 9.17. The van der Waals surface area contributed by atoms with Crippen molar-refractivity contribution in [3.8, 4) is 0 Å². The van der Waals surface area contributed by atoms with Crippen molar-refractivity contribution in [2.75, 3.05) is 17.7 Å². The van der Waals surface area contributed by atoms with Crippen molar-refractivity contribution >= 4 is 11.6 Å². The third-order valence-corrected chi connectivity index (χ3v) is 2.28. The molecular formula is C10H15F2N3O. The van der Waals surface area contributed by atoms with Gasteiger partial charge < -0.3 is 16.2 Å². The molecule has 4 nitrogen and oxygen atoms in total. The molecule has 1 heterocycles. The van der Waals surface area contributed by atoms with E-state index < -0.39 is 11.6 Å². The molecule has 0 radical (unpaired) electrons. The van der Waals surface area contributed by atoms with Crippen LogP contribution in [0.4, 0.5) is 20.4 Å². The van der Waals surface area contributed by atoms with Crippen molar-refractivity contribution in [1.29, 1.82) is 0 Å². The largest absolute Gasteiger partial charge is 0.394 e. The molecule has 0 saturated heterocycles. The van der Waals surface area contributed by atoms with E-state index in [-0.39, 0.29) is 30.2 Å². The van der Waals surface area contributed by atoms with Gasteiger partial charge >= 0.3 is 0 Å². The molecule has 0 aliphatic heterocycles. The molecule has 1 unspecified atom stereocenters. The molecule has 0 aliphatic carbocycles. The summed E-state index contributed by atoms with van der Waals surface area (Å²) in [7, 11) is 0. The number of aromatic nitrogens is 1. The second kappa shape index (κ2) is 5.07. The van der Waals surface area contributed by atoms with E-state index in [0.717, 1.165) is 0 Å². The fraction of sp³-hybridized carbons (Fsp3) is 0.500. The maximum Gasteiger partial charge on any atom is 0.168 e. The predicted octanol–water partition coefficient (Wildman–Crippen LogP) is 1.37. The van der Waals surface area contributed by atoms with Crippen molar-refractivity contribution in [3.05, 3.63) is 17.7 Å². The van der Waals surface area contributed by atoms with Crippen LogP contribution in [0.1, 0.15) is 13.8 Å².